The quantitative estimate of drug-likeness (QED) is 0.503. The van der Waals surface area contributed by atoms with Crippen molar-refractivity contribution in [3.05, 3.63) is 46.9 Å². The maximum Gasteiger partial charge on any atom is 0.263 e. The van der Waals surface area contributed by atoms with E-state index in [1.54, 1.807) is 0 Å². The van der Waals surface area contributed by atoms with Crippen LogP contribution in [-0.4, -0.2) is 16.1 Å². The van der Waals surface area contributed by atoms with Gasteiger partial charge in [-0.25, -0.2) is 22.0 Å². The molecular formula is C10H4F5N3O. The molecule has 0 saturated heterocycles. The lowest BCUT2D eigenvalue weighted by atomic mass is 10.1. The second-order valence-corrected chi connectivity index (χ2v) is 3.37. The molecule has 0 bridgehead atoms. The minimum atomic E-state index is -2.33. The summed E-state index contributed by atoms with van der Waals surface area (Å²) in [6.45, 7) is 0. The van der Waals surface area contributed by atoms with Gasteiger partial charge in [0.1, 0.15) is 11.4 Å². The van der Waals surface area contributed by atoms with Crippen molar-refractivity contribution in [3.63, 3.8) is 0 Å². The predicted octanol–water partition coefficient (Wildman–Crippen LogP) is 2.36. The van der Waals surface area contributed by atoms with Crippen LogP contribution in [0.2, 0.25) is 0 Å². The zero-order valence-electron chi connectivity index (χ0n) is 8.90. The highest BCUT2D eigenvalue weighted by Gasteiger charge is 2.29. The van der Waals surface area contributed by atoms with Crippen molar-refractivity contribution in [3.8, 4) is 0 Å². The van der Waals surface area contributed by atoms with Crippen LogP contribution in [0.5, 0.6) is 0 Å². The Morgan fingerprint density at radius 3 is 2.00 bits per heavy atom. The van der Waals surface area contributed by atoms with Crippen LogP contribution in [-0.2, 0) is 0 Å². The molecule has 0 atom stereocenters. The maximum absolute atomic E-state index is 13.3. The maximum atomic E-state index is 13.3. The van der Waals surface area contributed by atoms with Crippen molar-refractivity contribution in [2.45, 2.75) is 0 Å². The Balaban J connectivity index is 2.48. The number of carbonyl (C=O) groups excluding carboxylic acids is 1. The summed E-state index contributed by atoms with van der Waals surface area (Å²) < 4.78 is 65.1. The average Bonchev–Trinajstić information content (AvgIpc) is 2.87. The Hall–Kier alpha value is -2.45. The smallest absolute Gasteiger partial charge is 0.263 e. The van der Waals surface area contributed by atoms with Crippen LogP contribution in [0.1, 0.15) is 10.4 Å². The molecule has 2 N–H and O–H groups in total. The third-order valence-corrected chi connectivity index (χ3v) is 2.19. The van der Waals surface area contributed by atoms with Crippen LogP contribution in [0.25, 0.3) is 0 Å². The molecule has 0 saturated carbocycles. The molecular weight excluding hydrogens is 273 g/mol. The second-order valence-electron chi connectivity index (χ2n) is 3.37. The van der Waals surface area contributed by atoms with Crippen molar-refractivity contribution >= 4 is 11.7 Å². The molecule has 0 aliphatic carbocycles. The topological polar surface area (TPSA) is 57.8 Å². The van der Waals surface area contributed by atoms with Gasteiger partial charge in [0.2, 0.25) is 5.82 Å². The molecule has 2 rings (SSSR count). The molecule has 0 aliphatic rings. The molecule has 1 aromatic carbocycles. The molecule has 0 unspecified atom stereocenters. The molecule has 0 aliphatic heterocycles. The van der Waals surface area contributed by atoms with Gasteiger partial charge in [0.15, 0.2) is 23.3 Å². The zero-order chi connectivity index (χ0) is 14.2. The molecule has 100 valence electrons. The van der Waals surface area contributed by atoms with E-state index in [-0.39, 0.29) is 5.82 Å². The molecule has 1 aromatic heterocycles. The summed E-state index contributed by atoms with van der Waals surface area (Å²) in [7, 11) is 0. The van der Waals surface area contributed by atoms with E-state index in [0.29, 0.717) is 0 Å². The first kappa shape index (κ1) is 13.0. The average molecular weight is 277 g/mol. The molecule has 1 heterocycles. The van der Waals surface area contributed by atoms with Gasteiger partial charge in [-0.3, -0.25) is 9.89 Å². The van der Waals surface area contributed by atoms with Crippen LogP contribution in [0, 0.1) is 29.1 Å². The summed E-state index contributed by atoms with van der Waals surface area (Å²) in [6, 6.07) is 1.23. The fourth-order valence-electron chi connectivity index (χ4n) is 1.31. The van der Waals surface area contributed by atoms with Crippen molar-refractivity contribution in [2.75, 3.05) is 5.32 Å². The molecule has 0 spiro atoms. The molecule has 0 radical (unpaired) electrons. The number of nitrogens with zero attached hydrogens (tertiary/aromatic N) is 1. The van der Waals surface area contributed by atoms with Crippen LogP contribution >= 0.6 is 0 Å². The van der Waals surface area contributed by atoms with Crippen molar-refractivity contribution in [1.29, 1.82) is 0 Å². The Kier molecular flexibility index (Phi) is 3.19. The third kappa shape index (κ3) is 2.14. The van der Waals surface area contributed by atoms with Gasteiger partial charge in [0.05, 0.1) is 6.20 Å². The van der Waals surface area contributed by atoms with Gasteiger partial charge < -0.3 is 5.32 Å². The van der Waals surface area contributed by atoms with E-state index >= 15 is 0 Å². The summed E-state index contributed by atoms with van der Waals surface area (Å²) >= 11 is 0. The Morgan fingerprint density at radius 2 is 1.53 bits per heavy atom. The lowest BCUT2D eigenvalue weighted by molar-refractivity contribution is 0.101. The normalized spacial score (nSPS) is 10.6. The summed E-state index contributed by atoms with van der Waals surface area (Å²) in [5.41, 5.74) is -1.56. The third-order valence-electron chi connectivity index (χ3n) is 2.19. The van der Waals surface area contributed by atoms with Gasteiger partial charge >= 0.3 is 0 Å². The van der Waals surface area contributed by atoms with E-state index in [0.717, 1.165) is 0 Å². The molecule has 1 amide bonds. The van der Waals surface area contributed by atoms with Gasteiger partial charge in [-0.2, -0.15) is 5.10 Å². The van der Waals surface area contributed by atoms with E-state index in [9.17, 15) is 26.7 Å². The molecule has 9 heteroatoms. The highest BCUT2D eigenvalue weighted by molar-refractivity contribution is 6.04. The Bertz CT molecular complexity index is 612. The van der Waals surface area contributed by atoms with Crippen molar-refractivity contribution in [2.24, 2.45) is 0 Å². The van der Waals surface area contributed by atoms with Crippen molar-refractivity contribution in [1.82, 2.24) is 10.2 Å². The van der Waals surface area contributed by atoms with Gasteiger partial charge in [0.25, 0.3) is 5.91 Å². The van der Waals surface area contributed by atoms with Gasteiger partial charge in [-0.05, 0) is 0 Å². The van der Waals surface area contributed by atoms with Gasteiger partial charge in [-0.15, -0.1) is 0 Å². The fourth-order valence-corrected chi connectivity index (χ4v) is 1.31. The first-order chi connectivity index (χ1) is 8.93. The number of anilines is 1. The van der Waals surface area contributed by atoms with Gasteiger partial charge in [0, 0.05) is 6.07 Å². The van der Waals surface area contributed by atoms with Crippen LogP contribution in [0.4, 0.5) is 27.8 Å². The first-order valence-corrected chi connectivity index (χ1v) is 4.75. The van der Waals surface area contributed by atoms with Gasteiger partial charge in [-0.1, -0.05) is 0 Å². The number of rotatable bonds is 2. The number of hydrogen-bond acceptors (Lipinski definition) is 2. The number of H-pyrrole nitrogens is 1. The van der Waals surface area contributed by atoms with Crippen molar-refractivity contribution < 1.29 is 26.7 Å². The number of halogens is 5. The molecule has 0 fully saturated rings. The molecule has 19 heavy (non-hydrogen) atoms. The Morgan fingerprint density at radius 1 is 1.00 bits per heavy atom. The lowest BCUT2D eigenvalue weighted by Crippen LogP contribution is -2.19. The number of amides is 1. The second kappa shape index (κ2) is 4.67. The number of hydrogen-bond donors (Lipinski definition) is 2. The van der Waals surface area contributed by atoms with E-state index in [4.69, 9.17) is 0 Å². The van der Waals surface area contributed by atoms with Crippen LogP contribution in [0.3, 0.4) is 0 Å². The minimum absolute atomic E-state index is 0.0612. The summed E-state index contributed by atoms with van der Waals surface area (Å²) in [5, 5.41) is 7.56. The molecule has 2 aromatic rings. The number of benzene rings is 1. The van der Waals surface area contributed by atoms with Crippen LogP contribution < -0.4 is 5.32 Å². The molecule has 4 nitrogen and oxygen atoms in total. The van der Waals surface area contributed by atoms with E-state index in [1.807, 2.05) is 5.32 Å². The largest absolute Gasteiger partial charge is 0.307 e. The number of aromatic amines is 1. The number of nitrogens with one attached hydrogen (secondary N) is 2. The monoisotopic (exact) mass is 277 g/mol. The van der Waals surface area contributed by atoms with E-state index in [1.165, 1.54) is 12.3 Å². The summed E-state index contributed by atoms with van der Waals surface area (Å²) in [6.07, 6.45) is 1.22. The zero-order valence-corrected chi connectivity index (χ0v) is 8.90. The summed E-state index contributed by atoms with van der Waals surface area (Å²) in [5.74, 6) is -12.6. The minimum Gasteiger partial charge on any atom is -0.307 e. The predicted molar refractivity (Wildman–Crippen MR) is 52.8 cm³/mol. The SMILES string of the molecule is O=C(Nc1ccn[nH]1)c1c(F)c(F)c(F)c(F)c1F. The van der Waals surface area contributed by atoms with Crippen LogP contribution in [0.15, 0.2) is 12.3 Å². The Labute approximate surface area is 102 Å². The van der Waals surface area contributed by atoms with E-state index in [2.05, 4.69) is 10.2 Å². The highest BCUT2D eigenvalue weighted by Crippen LogP contribution is 2.23. The fraction of sp³-hybridized carbons (Fsp3) is 0. The lowest BCUT2D eigenvalue weighted by Gasteiger charge is -2.07. The number of carbonyl (C=O) groups is 1. The van der Waals surface area contributed by atoms with E-state index < -0.39 is 40.6 Å². The number of aromatic nitrogens is 2. The standard InChI is InChI=1S/C10H4F5N3O/c11-5-4(6(12)8(14)9(15)7(5)13)10(19)17-3-1-2-16-18-3/h1-2H,(H2,16,17,18,19). The summed E-state index contributed by atoms with van der Waals surface area (Å²) in [4.78, 5) is 11.5. The highest BCUT2D eigenvalue weighted by atomic mass is 19.2. The first-order valence-electron chi connectivity index (χ1n) is 4.75.